The van der Waals surface area contributed by atoms with E-state index in [0.717, 1.165) is 18.3 Å². The van der Waals surface area contributed by atoms with Gasteiger partial charge >= 0.3 is 0 Å². The fourth-order valence-corrected chi connectivity index (χ4v) is 5.33. The highest BCUT2D eigenvalue weighted by molar-refractivity contribution is 7.88. The predicted octanol–water partition coefficient (Wildman–Crippen LogP) is 1.31. The Morgan fingerprint density at radius 1 is 1.10 bits per heavy atom. The van der Waals surface area contributed by atoms with Crippen molar-refractivity contribution in [3.63, 3.8) is 0 Å². The molecule has 2 saturated carbocycles. The molecule has 3 unspecified atom stereocenters. The Labute approximate surface area is 127 Å². The number of carbonyl (C=O) groups is 1. The number of rotatable bonds is 3. The van der Waals surface area contributed by atoms with Crippen molar-refractivity contribution in [3.8, 4) is 0 Å². The minimum Gasteiger partial charge on any atom is -0.341 e. The number of sulfonamides is 1. The summed E-state index contributed by atoms with van der Waals surface area (Å²) in [5.41, 5.74) is 0. The maximum absolute atomic E-state index is 12.5. The third-order valence-corrected chi connectivity index (χ3v) is 6.90. The Bertz CT molecular complexity index is 505. The molecule has 3 atom stereocenters. The third-order valence-electron chi connectivity index (χ3n) is 5.60. The van der Waals surface area contributed by atoms with E-state index in [0.29, 0.717) is 38.5 Å². The van der Waals surface area contributed by atoms with Gasteiger partial charge in [0.15, 0.2) is 0 Å². The van der Waals surface area contributed by atoms with E-state index >= 15 is 0 Å². The maximum Gasteiger partial charge on any atom is 0.222 e. The fraction of sp³-hybridized carbons (Fsp3) is 0.933. The second-order valence-corrected chi connectivity index (χ2v) is 9.02. The number of amides is 1. The van der Waals surface area contributed by atoms with Crippen LogP contribution in [0.4, 0.5) is 0 Å². The fourth-order valence-electron chi connectivity index (χ4n) is 4.45. The lowest BCUT2D eigenvalue weighted by Crippen LogP contribution is -2.37. The van der Waals surface area contributed by atoms with E-state index < -0.39 is 10.0 Å². The minimum absolute atomic E-state index is 0.239. The molecule has 5 nitrogen and oxygen atoms in total. The monoisotopic (exact) mass is 314 g/mol. The molecule has 0 aromatic heterocycles. The molecule has 0 radical (unpaired) electrons. The van der Waals surface area contributed by atoms with Crippen LogP contribution in [0.25, 0.3) is 0 Å². The first-order valence-electron chi connectivity index (χ1n) is 8.16. The van der Waals surface area contributed by atoms with Gasteiger partial charge in [0.05, 0.1) is 6.26 Å². The van der Waals surface area contributed by atoms with Gasteiger partial charge in [0.1, 0.15) is 0 Å². The Balaban J connectivity index is 1.53. The SMILES string of the molecule is CS(=O)(=O)N1CCCN(C(=O)CC2CC3CCC2C3)CC1. The molecule has 120 valence electrons. The molecule has 1 saturated heterocycles. The standard InChI is InChI=1S/C15H26N2O3S/c1-21(19,20)17-6-2-5-16(7-8-17)15(18)11-14-10-12-3-4-13(14)9-12/h12-14H,2-11H2,1H3. The van der Waals surface area contributed by atoms with Gasteiger partial charge < -0.3 is 4.90 Å². The lowest BCUT2D eigenvalue weighted by atomic mass is 9.86. The lowest BCUT2D eigenvalue weighted by molar-refractivity contribution is -0.132. The Kier molecular flexibility index (Phi) is 4.28. The van der Waals surface area contributed by atoms with Crippen LogP contribution in [0.5, 0.6) is 0 Å². The summed E-state index contributed by atoms with van der Waals surface area (Å²) in [6, 6.07) is 0. The Morgan fingerprint density at radius 2 is 1.90 bits per heavy atom. The highest BCUT2D eigenvalue weighted by atomic mass is 32.2. The topological polar surface area (TPSA) is 57.7 Å². The largest absolute Gasteiger partial charge is 0.341 e. The normalized spacial score (nSPS) is 34.1. The molecule has 0 spiro atoms. The molecule has 1 aliphatic heterocycles. The molecule has 0 aromatic carbocycles. The molecule has 3 fully saturated rings. The molecule has 21 heavy (non-hydrogen) atoms. The van der Waals surface area contributed by atoms with E-state index in [1.165, 1.54) is 36.2 Å². The Hall–Kier alpha value is -0.620. The van der Waals surface area contributed by atoms with E-state index in [1.54, 1.807) is 0 Å². The van der Waals surface area contributed by atoms with Gasteiger partial charge in [0.25, 0.3) is 0 Å². The number of nitrogens with zero attached hydrogens (tertiary/aromatic N) is 2. The van der Waals surface area contributed by atoms with Gasteiger partial charge in [-0.2, -0.15) is 0 Å². The van der Waals surface area contributed by atoms with Crippen LogP contribution in [-0.4, -0.2) is 56.0 Å². The number of fused-ring (bicyclic) bond motifs is 2. The van der Waals surface area contributed by atoms with E-state index in [4.69, 9.17) is 0 Å². The number of hydrogen-bond acceptors (Lipinski definition) is 3. The summed E-state index contributed by atoms with van der Waals surface area (Å²) >= 11 is 0. The zero-order valence-corrected chi connectivity index (χ0v) is 13.6. The summed E-state index contributed by atoms with van der Waals surface area (Å²) in [5, 5.41) is 0. The molecule has 3 rings (SSSR count). The van der Waals surface area contributed by atoms with Gasteiger partial charge in [-0.15, -0.1) is 0 Å². The van der Waals surface area contributed by atoms with Crippen LogP contribution in [0.2, 0.25) is 0 Å². The van der Waals surface area contributed by atoms with Gasteiger partial charge in [-0.1, -0.05) is 6.42 Å². The average Bonchev–Trinajstić information content (AvgIpc) is 2.91. The van der Waals surface area contributed by atoms with Crippen molar-refractivity contribution in [2.75, 3.05) is 32.4 Å². The zero-order chi connectivity index (χ0) is 15.0. The third kappa shape index (κ3) is 3.42. The van der Waals surface area contributed by atoms with Crippen molar-refractivity contribution in [2.24, 2.45) is 17.8 Å². The van der Waals surface area contributed by atoms with Gasteiger partial charge in [0, 0.05) is 32.6 Å². The molecular weight excluding hydrogens is 288 g/mol. The van der Waals surface area contributed by atoms with Gasteiger partial charge in [-0.05, 0) is 43.4 Å². The van der Waals surface area contributed by atoms with Crippen molar-refractivity contribution in [1.82, 2.24) is 9.21 Å². The van der Waals surface area contributed by atoms with Crippen molar-refractivity contribution in [1.29, 1.82) is 0 Å². The lowest BCUT2D eigenvalue weighted by Gasteiger charge is -2.26. The summed E-state index contributed by atoms with van der Waals surface area (Å²) in [7, 11) is -3.13. The number of hydrogen-bond donors (Lipinski definition) is 0. The second-order valence-electron chi connectivity index (χ2n) is 7.04. The summed E-state index contributed by atoms with van der Waals surface area (Å²) in [5.74, 6) is 2.48. The van der Waals surface area contributed by atoms with Gasteiger partial charge in [-0.3, -0.25) is 4.79 Å². The summed E-state index contributed by atoms with van der Waals surface area (Å²) in [4.78, 5) is 14.4. The van der Waals surface area contributed by atoms with Gasteiger partial charge in [0.2, 0.25) is 15.9 Å². The molecule has 1 heterocycles. The average molecular weight is 314 g/mol. The van der Waals surface area contributed by atoms with Crippen molar-refractivity contribution in [2.45, 2.75) is 38.5 Å². The first-order valence-corrected chi connectivity index (χ1v) is 10.0. The summed E-state index contributed by atoms with van der Waals surface area (Å²) in [6.45, 7) is 2.23. The van der Waals surface area contributed by atoms with Crippen LogP contribution in [0.15, 0.2) is 0 Å². The summed E-state index contributed by atoms with van der Waals surface area (Å²) in [6.07, 6.45) is 7.92. The summed E-state index contributed by atoms with van der Waals surface area (Å²) < 4.78 is 24.7. The van der Waals surface area contributed by atoms with E-state index in [9.17, 15) is 13.2 Å². The molecule has 1 amide bonds. The maximum atomic E-state index is 12.5. The second kappa shape index (κ2) is 5.88. The first-order chi connectivity index (χ1) is 9.93. The van der Waals surface area contributed by atoms with Crippen LogP contribution in [0.3, 0.4) is 0 Å². The zero-order valence-electron chi connectivity index (χ0n) is 12.8. The van der Waals surface area contributed by atoms with Crippen LogP contribution in [0.1, 0.15) is 38.5 Å². The van der Waals surface area contributed by atoms with Gasteiger partial charge in [-0.25, -0.2) is 12.7 Å². The van der Waals surface area contributed by atoms with Crippen molar-refractivity contribution < 1.29 is 13.2 Å². The highest BCUT2D eigenvalue weighted by Gasteiger charge is 2.40. The smallest absolute Gasteiger partial charge is 0.222 e. The molecule has 3 aliphatic rings. The first kappa shape index (κ1) is 15.3. The number of carbonyl (C=O) groups excluding carboxylic acids is 1. The van der Waals surface area contributed by atoms with Crippen LogP contribution < -0.4 is 0 Å². The highest BCUT2D eigenvalue weighted by Crippen LogP contribution is 2.49. The van der Waals surface area contributed by atoms with E-state index in [2.05, 4.69) is 0 Å². The van der Waals surface area contributed by atoms with E-state index in [-0.39, 0.29) is 5.91 Å². The molecule has 6 heteroatoms. The molecule has 2 aliphatic carbocycles. The quantitative estimate of drug-likeness (QED) is 0.789. The molecule has 0 N–H and O–H groups in total. The molecule has 2 bridgehead atoms. The minimum atomic E-state index is -3.13. The molecule has 0 aromatic rings. The van der Waals surface area contributed by atoms with Crippen LogP contribution in [0, 0.1) is 17.8 Å². The van der Waals surface area contributed by atoms with Crippen molar-refractivity contribution in [3.05, 3.63) is 0 Å². The predicted molar refractivity (Wildman–Crippen MR) is 81.2 cm³/mol. The van der Waals surface area contributed by atoms with Crippen LogP contribution >= 0.6 is 0 Å². The molecular formula is C15H26N2O3S. The Morgan fingerprint density at radius 3 is 2.52 bits per heavy atom. The van der Waals surface area contributed by atoms with Crippen molar-refractivity contribution >= 4 is 15.9 Å². The van der Waals surface area contributed by atoms with E-state index in [1.807, 2.05) is 4.90 Å². The van der Waals surface area contributed by atoms with Crippen LogP contribution in [-0.2, 0) is 14.8 Å².